The Bertz CT molecular complexity index is 692. The second-order valence-corrected chi connectivity index (χ2v) is 5.96. The molecule has 1 aromatic rings. The lowest BCUT2D eigenvalue weighted by Gasteiger charge is -2.17. The van der Waals surface area contributed by atoms with Crippen LogP contribution in [0.3, 0.4) is 0 Å². The Kier molecular flexibility index (Phi) is 10.9. The third kappa shape index (κ3) is 9.15. The van der Waals surface area contributed by atoms with Crippen LogP contribution in [0.2, 0.25) is 0 Å². The van der Waals surface area contributed by atoms with Crippen LogP contribution in [0.15, 0.2) is 34.6 Å². The van der Waals surface area contributed by atoms with Gasteiger partial charge in [0.25, 0.3) is 5.91 Å². The molecule has 0 radical (unpaired) electrons. The third-order valence-corrected chi connectivity index (χ3v) is 3.68. The van der Waals surface area contributed by atoms with Gasteiger partial charge < -0.3 is 19.9 Å². The highest BCUT2D eigenvalue weighted by Gasteiger charge is 2.24. The first-order valence-corrected chi connectivity index (χ1v) is 9.38. The van der Waals surface area contributed by atoms with Gasteiger partial charge in [0, 0.05) is 19.0 Å². The Morgan fingerprint density at radius 1 is 1.14 bits per heavy atom. The van der Waals surface area contributed by atoms with Gasteiger partial charge in [-0.25, -0.2) is 4.79 Å². The summed E-state index contributed by atoms with van der Waals surface area (Å²) in [7, 11) is 1.67. The molecule has 1 unspecified atom stereocenters. The highest BCUT2D eigenvalue weighted by molar-refractivity contribution is 5.97. The number of amides is 1. The van der Waals surface area contributed by atoms with Crippen molar-refractivity contribution in [3.63, 3.8) is 0 Å². The molecule has 0 aliphatic carbocycles. The van der Waals surface area contributed by atoms with Gasteiger partial charge in [-0.1, -0.05) is 5.22 Å². The Hall–Kier alpha value is -3.01. The Morgan fingerprint density at radius 2 is 1.79 bits per heavy atom. The number of benzene rings is 1. The summed E-state index contributed by atoms with van der Waals surface area (Å²) in [5.41, 5.74) is 0.841. The van der Waals surface area contributed by atoms with Gasteiger partial charge in [0.1, 0.15) is 6.04 Å². The van der Waals surface area contributed by atoms with Crippen molar-refractivity contribution in [2.24, 2.45) is 10.3 Å². The number of hydrogen-bond donors (Lipinski definition) is 2. The van der Waals surface area contributed by atoms with Crippen molar-refractivity contribution in [3.05, 3.63) is 29.8 Å². The van der Waals surface area contributed by atoms with Crippen LogP contribution in [0, 0.1) is 0 Å². The zero-order valence-electron chi connectivity index (χ0n) is 17.0. The Balaban J connectivity index is 2.74. The van der Waals surface area contributed by atoms with Gasteiger partial charge in [-0.3, -0.25) is 14.6 Å². The van der Waals surface area contributed by atoms with E-state index in [1.807, 2.05) is 0 Å². The van der Waals surface area contributed by atoms with Crippen molar-refractivity contribution in [1.29, 1.82) is 0 Å². The summed E-state index contributed by atoms with van der Waals surface area (Å²) in [6.07, 6.45) is 0.0607. The Morgan fingerprint density at radius 3 is 2.38 bits per heavy atom. The van der Waals surface area contributed by atoms with Gasteiger partial charge in [-0.05, 0) is 44.5 Å². The summed E-state index contributed by atoms with van der Waals surface area (Å²) in [6.45, 7) is 4.07. The normalized spacial score (nSPS) is 11.7. The number of aliphatic hydroxyl groups is 1. The molecule has 1 atom stereocenters. The molecular weight excluding hydrogens is 380 g/mol. The first kappa shape index (κ1) is 24.0. The summed E-state index contributed by atoms with van der Waals surface area (Å²) < 4.78 is 9.82. The zero-order valence-corrected chi connectivity index (χ0v) is 17.0. The van der Waals surface area contributed by atoms with E-state index in [0.717, 1.165) is 0 Å². The van der Waals surface area contributed by atoms with Crippen LogP contribution < -0.4 is 5.32 Å². The molecule has 1 aromatic carbocycles. The first-order valence-electron chi connectivity index (χ1n) is 9.38. The fourth-order valence-corrected chi connectivity index (χ4v) is 2.23. The first-order chi connectivity index (χ1) is 13.9. The molecule has 0 aliphatic heterocycles. The molecule has 160 valence electrons. The smallest absolute Gasteiger partial charge is 0.328 e. The van der Waals surface area contributed by atoms with Crippen LogP contribution in [-0.2, 0) is 19.1 Å². The molecule has 2 N–H and O–H groups in total. The molecule has 0 heterocycles. The quantitative estimate of drug-likeness (QED) is 0.305. The highest BCUT2D eigenvalue weighted by Crippen LogP contribution is 2.14. The average Bonchev–Trinajstić information content (AvgIpc) is 2.70. The van der Waals surface area contributed by atoms with E-state index in [1.54, 1.807) is 45.2 Å². The van der Waals surface area contributed by atoms with Crippen LogP contribution in [0.25, 0.3) is 0 Å². The Labute approximate surface area is 169 Å². The van der Waals surface area contributed by atoms with Crippen LogP contribution in [-0.4, -0.2) is 67.4 Å². The summed E-state index contributed by atoms with van der Waals surface area (Å²) in [4.78, 5) is 36.1. The molecule has 0 saturated carbocycles. The fourth-order valence-electron chi connectivity index (χ4n) is 2.23. The number of aliphatic hydroxyl groups excluding tert-OH is 1. The number of ether oxygens (including phenoxy) is 2. The number of rotatable bonds is 12. The van der Waals surface area contributed by atoms with E-state index in [9.17, 15) is 14.4 Å². The molecule has 0 fully saturated rings. The predicted molar refractivity (Wildman–Crippen MR) is 104 cm³/mol. The second-order valence-electron chi connectivity index (χ2n) is 5.96. The molecule has 29 heavy (non-hydrogen) atoms. The van der Waals surface area contributed by atoms with E-state index in [2.05, 4.69) is 15.7 Å². The molecular formula is C19H28N4O6. The van der Waals surface area contributed by atoms with E-state index in [1.165, 1.54) is 5.01 Å². The molecule has 10 heteroatoms. The molecule has 10 nitrogen and oxygen atoms in total. The molecule has 0 saturated heterocycles. The van der Waals surface area contributed by atoms with Crippen molar-refractivity contribution in [2.75, 3.05) is 33.4 Å². The number of carbonyl (C=O) groups is 3. The second kappa shape index (κ2) is 13.2. The standard InChI is InChI=1S/C19H28N4O6/c1-4-28-17(25)11-10-16(19(27)29-5-2)20-18(26)14-6-8-15(9-7-14)21-22-23(3)12-13-24/h6-9,16,24H,4-5,10-13H2,1-3H3,(H,20,26). The molecule has 0 spiro atoms. The zero-order chi connectivity index (χ0) is 21.6. The minimum absolute atomic E-state index is 0.0156. The lowest BCUT2D eigenvalue weighted by molar-refractivity contribution is -0.146. The number of hydrogen-bond acceptors (Lipinski definition) is 8. The SMILES string of the molecule is CCOC(=O)CCC(NC(=O)c1ccc(N=NN(C)CCO)cc1)C(=O)OCC. The maximum Gasteiger partial charge on any atom is 0.328 e. The van der Waals surface area contributed by atoms with E-state index < -0.39 is 23.9 Å². The number of esters is 2. The molecule has 0 aromatic heterocycles. The summed E-state index contributed by atoms with van der Waals surface area (Å²) >= 11 is 0. The maximum atomic E-state index is 12.5. The van der Waals surface area contributed by atoms with Gasteiger partial charge >= 0.3 is 11.9 Å². The molecule has 0 aliphatic rings. The minimum atomic E-state index is -0.960. The average molecular weight is 408 g/mol. The molecule has 1 amide bonds. The predicted octanol–water partition coefficient (Wildman–Crippen LogP) is 1.61. The lowest BCUT2D eigenvalue weighted by Crippen LogP contribution is -2.42. The van der Waals surface area contributed by atoms with Gasteiger partial charge in [0.05, 0.1) is 32.1 Å². The van der Waals surface area contributed by atoms with E-state index in [4.69, 9.17) is 14.6 Å². The van der Waals surface area contributed by atoms with Gasteiger partial charge in [-0.2, -0.15) is 0 Å². The largest absolute Gasteiger partial charge is 0.466 e. The van der Waals surface area contributed by atoms with Crippen molar-refractivity contribution >= 4 is 23.5 Å². The maximum absolute atomic E-state index is 12.5. The molecule has 1 rings (SSSR count). The van der Waals surface area contributed by atoms with Crippen molar-refractivity contribution in [3.8, 4) is 0 Å². The van der Waals surface area contributed by atoms with Gasteiger partial charge in [-0.15, -0.1) is 5.11 Å². The number of carbonyl (C=O) groups excluding carboxylic acids is 3. The van der Waals surface area contributed by atoms with E-state index in [0.29, 0.717) is 17.8 Å². The van der Waals surface area contributed by atoms with Gasteiger partial charge in [0.2, 0.25) is 0 Å². The van der Waals surface area contributed by atoms with Crippen LogP contribution in [0.4, 0.5) is 5.69 Å². The number of nitrogens with one attached hydrogen (secondary N) is 1. The lowest BCUT2D eigenvalue weighted by atomic mass is 10.1. The third-order valence-electron chi connectivity index (χ3n) is 3.68. The van der Waals surface area contributed by atoms with E-state index >= 15 is 0 Å². The van der Waals surface area contributed by atoms with Crippen LogP contribution >= 0.6 is 0 Å². The van der Waals surface area contributed by atoms with E-state index in [-0.39, 0.29) is 32.7 Å². The minimum Gasteiger partial charge on any atom is -0.466 e. The highest BCUT2D eigenvalue weighted by atomic mass is 16.5. The van der Waals surface area contributed by atoms with Crippen molar-refractivity contribution in [1.82, 2.24) is 10.3 Å². The van der Waals surface area contributed by atoms with Crippen molar-refractivity contribution < 1.29 is 29.0 Å². The monoisotopic (exact) mass is 408 g/mol. The summed E-state index contributed by atoms with van der Waals surface area (Å²) in [5, 5.41) is 20.8. The number of likely N-dealkylation sites (N-methyl/N-ethyl adjacent to an activating group) is 1. The van der Waals surface area contributed by atoms with Crippen LogP contribution in [0.1, 0.15) is 37.0 Å². The summed E-state index contributed by atoms with van der Waals surface area (Å²) in [5.74, 6) is -1.53. The number of nitrogens with zero attached hydrogens (tertiary/aromatic N) is 3. The summed E-state index contributed by atoms with van der Waals surface area (Å²) in [6, 6.07) is 5.33. The fraction of sp³-hybridized carbons (Fsp3) is 0.526. The molecule has 0 bridgehead atoms. The van der Waals surface area contributed by atoms with Crippen LogP contribution in [0.5, 0.6) is 0 Å². The van der Waals surface area contributed by atoms with Crippen molar-refractivity contribution in [2.45, 2.75) is 32.7 Å². The van der Waals surface area contributed by atoms with Gasteiger partial charge in [0.15, 0.2) is 0 Å². The topological polar surface area (TPSA) is 130 Å².